The zero-order valence-corrected chi connectivity index (χ0v) is 10.0. The van der Waals surface area contributed by atoms with Gasteiger partial charge in [0.05, 0.1) is 6.10 Å². The lowest BCUT2D eigenvalue weighted by Crippen LogP contribution is -2.28. The van der Waals surface area contributed by atoms with E-state index in [1.807, 2.05) is 38.2 Å². The van der Waals surface area contributed by atoms with E-state index in [-0.39, 0.29) is 6.10 Å². The summed E-state index contributed by atoms with van der Waals surface area (Å²) in [6, 6.07) is 7.80. The number of hydrogen-bond donors (Lipinski definition) is 1. The first kappa shape index (κ1) is 12.5. The van der Waals surface area contributed by atoms with Crippen molar-refractivity contribution in [1.82, 2.24) is 4.90 Å². The summed E-state index contributed by atoms with van der Waals surface area (Å²) in [4.78, 5) is 2.11. The summed E-state index contributed by atoms with van der Waals surface area (Å²) in [6.45, 7) is 3.54. The number of likely N-dealkylation sites (N-methyl/N-ethyl adjacent to an activating group) is 1. The van der Waals surface area contributed by atoms with E-state index in [0.717, 1.165) is 18.0 Å². The molecule has 0 bridgehead atoms. The molecule has 0 amide bonds. The molecular weight excluding hydrogens is 210 g/mol. The molecule has 0 aliphatic rings. The maximum atomic E-state index is 9.49. The molecule has 1 aromatic rings. The molecule has 0 saturated carbocycles. The molecule has 1 aromatic carbocycles. The van der Waals surface area contributed by atoms with Crippen LogP contribution >= 0.6 is 11.6 Å². The largest absolute Gasteiger partial charge is 0.392 e. The van der Waals surface area contributed by atoms with E-state index in [1.165, 1.54) is 5.56 Å². The maximum absolute atomic E-state index is 9.49. The van der Waals surface area contributed by atoms with Crippen molar-refractivity contribution in [3.05, 3.63) is 34.9 Å². The number of aliphatic hydroxyl groups is 1. The first-order chi connectivity index (χ1) is 7.11. The Labute approximate surface area is 96.5 Å². The third-order valence-electron chi connectivity index (χ3n) is 2.36. The molecule has 1 unspecified atom stereocenters. The van der Waals surface area contributed by atoms with Gasteiger partial charge in [-0.15, -0.1) is 0 Å². The zero-order valence-electron chi connectivity index (χ0n) is 9.28. The van der Waals surface area contributed by atoms with E-state index in [2.05, 4.69) is 4.90 Å². The molecule has 0 aliphatic heterocycles. The van der Waals surface area contributed by atoms with Crippen LogP contribution in [-0.2, 0) is 6.54 Å². The average Bonchev–Trinajstić information content (AvgIpc) is 2.21. The zero-order chi connectivity index (χ0) is 11.3. The molecule has 0 aromatic heterocycles. The third-order valence-corrected chi connectivity index (χ3v) is 2.61. The van der Waals surface area contributed by atoms with Gasteiger partial charge >= 0.3 is 0 Å². The van der Waals surface area contributed by atoms with Gasteiger partial charge in [-0.1, -0.05) is 30.7 Å². The molecule has 0 radical (unpaired) electrons. The average molecular weight is 228 g/mol. The Bertz CT molecular complexity index is 286. The smallest absolute Gasteiger partial charge is 0.0664 e. The van der Waals surface area contributed by atoms with Gasteiger partial charge in [0.1, 0.15) is 0 Å². The van der Waals surface area contributed by atoms with E-state index >= 15 is 0 Å². The van der Waals surface area contributed by atoms with Crippen molar-refractivity contribution < 1.29 is 5.11 Å². The highest BCUT2D eigenvalue weighted by atomic mass is 35.5. The molecule has 2 nitrogen and oxygen atoms in total. The van der Waals surface area contributed by atoms with Crippen molar-refractivity contribution in [3.8, 4) is 0 Å². The van der Waals surface area contributed by atoms with Crippen molar-refractivity contribution in [2.75, 3.05) is 13.6 Å². The second-order valence-electron chi connectivity index (χ2n) is 3.89. The fourth-order valence-corrected chi connectivity index (χ4v) is 1.58. The fourth-order valence-electron chi connectivity index (χ4n) is 1.45. The molecule has 0 heterocycles. The van der Waals surface area contributed by atoms with E-state index < -0.39 is 0 Å². The van der Waals surface area contributed by atoms with Gasteiger partial charge in [0.15, 0.2) is 0 Å². The molecule has 3 heteroatoms. The molecule has 0 aliphatic carbocycles. The van der Waals surface area contributed by atoms with Gasteiger partial charge < -0.3 is 5.11 Å². The lowest BCUT2D eigenvalue weighted by Gasteiger charge is -2.19. The highest BCUT2D eigenvalue weighted by molar-refractivity contribution is 6.30. The molecule has 15 heavy (non-hydrogen) atoms. The van der Waals surface area contributed by atoms with Crippen LogP contribution in [-0.4, -0.2) is 29.7 Å². The van der Waals surface area contributed by atoms with Crippen molar-refractivity contribution >= 4 is 11.6 Å². The molecule has 0 saturated heterocycles. The van der Waals surface area contributed by atoms with Gasteiger partial charge in [-0.25, -0.2) is 0 Å². The third kappa shape index (κ3) is 4.65. The van der Waals surface area contributed by atoms with Crippen molar-refractivity contribution in [2.45, 2.75) is 26.0 Å². The number of hydrogen-bond acceptors (Lipinski definition) is 2. The molecular formula is C12H18ClNO. The minimum absolute atomic E-state index is 0.234. The van der Waals surface area contributed by atoms with Crippen molar-refractivity contribution in [3.63, 3.8) is 0 Å². The molecule has 84 valence electrons. The Hall–Kier alpha value is -0.570. The van der Waals surface area contributed by atoms with Crippen molar-refractivity contribution in [2.24, 2.45) is 0 Å². The Kier molecular flexibility index (Phi) is 5.09. The summed E-state index contributed by atoms with van der Waals surface area (Å²) in [5.41, 5.74) is 1.21. The van der Waals surface area contributed by atoms with Gasteiger partial charge in [0, 0.05) is 18.1 Å². The van der Waals surface area contributed by atoms with Gasteiger partial charge in [-0.05, 0) is 31.2 Å². The summed E-state index contributed by atoms with van der Waals surface area (Å²) in [5, 5.41) is 10.2. The summed E-state index contributed by atoms with van der Waals surface area (Å²) in [6.07, 6.45) is 0.563. The minimum Gasteiger partial charge on any atom is -0.392 e. The molecule has 1 atom stereocenters. The summed E-state index contributed by atoms with van der Waals surface area (Å²) < 4.78 is 0. The van der Waals surface area contributed by atoms with E-state index in [4.69, 9.17) is 11.6 Å². The Balaban J connectivity index is 2.44. The van der Waals surface area contributed by atoms with Crippen LogP contribution in [0.5, 0.6) is 0 Å². The second kappa shape index (κ2) is 6.11. The summed E-state index contributed by atoms with van der Waals surface area (Å²) in [7, 11) is 2.01. The Morgan fingerprint density at radius 1 is 1.33 bits per heavy atom. The highest BCUT2D eigenvalue weighted by Gasteiger charge is 2.06. The van der Waals surface area contributed by atoms with Crippen LogP contribution in [0.25, 0.3) is 0 Å². The van der Waals surface area contributed by atoms with Crippen LogP contribution in [0.3, 0.4) is 0 Å². The summed E-state index contributed by atoms with van der Waals surface area (Å²) >= 11 is 5.80. The van der Waals surface area contributed by atoms with Gasteiger partial charge in [-0.2, -0.15) is 0 Å². The minimum atomic E-state index is -0.234. The lowest BCUT2D eigenvalue weighted by atomic mass is 10.2. The molecule has 1 rings (SSSR count). The fraction of sp³-hybridized carbons (Fsp3) is 0.500. The second-order valence-corrected chi connectivity index (χ2v) is 4.32. The molecule has 0 fully saturated rings. The Morgan fingerprint density at radius 2 is 1.93 bits per heavy atom. The first-order valence-electron chi connectivity index (χ1n) is 5.23. The molecule has 1 N–H and O–H groups in total. The van der Waals surface area contributed by atoms with Crippen molar-refractivity contribution in [1.29, 1.82) is 0 Å². The van der Waals surface area contributed by atoms with Gasteiger partial charge in [0.25, 0.3) is 0 Å². The standard InChI is InChI=1S/C12H18ClNO/c1-3-12(15)9-14(2)8-10-4-6-11(13)7-5-10/h4-7,12,15H,3,8-9H2,1-2H3. The van der Waals surface area contributed by atoms with Crippen LogP contribution in [0.15, 0.2) is 24.3 Å². The number of halogens is 1. The van der Waals surface area contributed by atoms with Crippen LogP contribution < -0.4 is 0 Å². The van der Waals surface area contributed by atoms with E-state index in [0.29, 0.717) is 6.54 Å². The van der Waals surface area contributed by atoms with Crippen LogP contribution in [0, 0.1) is 0 Å². The van der Waals surface area contributed by atoms with E-state index in [9.17, 15) is 5.11 Å². The van der Waals surface area contributed by atoms with Gasteiger partial charge in [0.2, 0.25) is 0 Å². The normalized spacial score (nSPS) is 13.1. The topological polar surface area (TPSA) is 23.5 Å². The number of nitrogens with zero attached hydrogens (tertiary/aromatic N) is 1. The van der Waals surface area contributed by atoms with Crippen LogP contribution in [0.2, 0.25) is 5.02 Å². The number of benzene rings is 1. The lowest BCUT2D eigenvalue weighted by molar-refractivity contribution is 0.119. The SMILES string of the molecule is CCC(O)CN(C)Cc1ccc(Cl)cc1. The first-order valence-corrected chi connectivity index (χ1v) is 5.60. The maximum Gasteiger partial charge on any atom is 0.0664 e. The number of aliphatic hydroxyl groups excluding tert-OH is 1. The summed E-state index contributed by atoms with van der Waals surface area (Å²) in [5.74, 6) is 0. The van der Waals surface area contributed by atoms with Crippen LogP contribution in [0.4, 0.5) is 0 Å². The van der Waals surface area contributed by atoms with Gasteiger partial charge in [-0.3, -0.25) is 4.90 Å². The predicted octanol–water partition coefficient (Wildman–Crippen LogP) is 2.54. The monoisotopic (exact) mass is 227 g/mol. The predicted molar refractivity (Wildman–Crippen MR) is 64.1 cm³/mol. The number of rotatable bonds is 5. The van der Waals surface area contributed by atoms with E-state index in [1.54, 1.807) is 0 Å². The Morgan fingerprint density at radius 3 is 2.47 bits per heavy atom. The van der Waals surface area contributed by atoms with Crippen LogP contribution in [0.1, 0.15) is 18.9 Å². The quantitative estimate of drug-likeness (QED) is 0.836. The molecule has 0 spiro atoms. The highest BCUT2D eigenvalue weighted by Crippen LogP contribution is 2.11.